The Morgan fingerprint density at radius 1 is 1.00 bits per heavy atom. The van der Waals surface area contributed by atoms with Crippen LogP contribution in [0.3, 0.4) is 0 Å². The Labute approximate surface area is 78.5 Å². The molecular weight excluding hydrogens is 201 g/mol. The Hall–Kier alpha value is 1.53. The van der Waals surface area contributed by atoms with E-state index in [1.54, 1.807) is 0 Å². The van der Waals surface area contributed by atoms with Crippen molar-refractivity contribution >= 4 is 48.9 Å². The van der Waals surface area contributed by atoms with Crippen LogP contribution in [0.15, 0.2) is 0 Å². The summed E-state index contributed by atoms with van der Waals surface area (Å²) >= 11 is 0. The fourth-order valence-corrected chi connectivity index (χ4v) is 0.510. The summed E-state index contributed by atoms with van der Waals surface area (Å²) in [6, 6.07) is 0. The minimum absolute atomic E-state index is 0. The van der Waals surface area contributed by atoms with Crippen LogP contribution in [-0.4, -0.2) is 62.1 Å². The fourth-order valence-electron chi connectivity index (χ4n) is 0.510. The third-order valence-electron chi connectivity index (χ3n) is 0.827. The molecule has 0 aromatic heterocycles. The Balaban J connectivity index is 0.000000250. The summed E-state index contributed by atoms with van der Waals surface area (Å²) in [6.45, 7) is 2.00. The molecule has 2 heteroatoms. The van der Waals surface area contributed by atoms with Gasteiger partial charge in [0.25, 0.3) is 0 Å². The van der Waals surface area contributed by atoms with E-state index in [2.05, 4.69) is 0 Å². The molecule has 0 aromatic carbocycles. The van der Waals surface area contributed by atoms with E-state index in [9.17, 15) is 0 Å². The second-order valence-corrected chi connectivity index (χ2v) is 1.32. The first kappa shape index (κ1) is 7.53. The maximum absolute atomic E-state index is 4.94. The molecular formula is C4H8BaO. The molecule has 0 aromatic rings. The van der Waals surface area contributed by atoms with Crippen LogP contribution < -0.4 is 0 Å². The number of hydrogen-bond donors (Lipinski definition) is 0. The Morgan fingerprint density at radius 3 is 1.67 bits per heavy atom. The van der Waals surface area contributed by atoms with Crippen molar-refractivity contribution in [2.24, 2.45) is 0 Å². The summed E-state index contributed by atoms with van der Waals surface area (Å²) in [5.41, 5.74) is 0. The molecule has 0 amide bonds. The number of rotatable bonds is 0. The maximum Gasteiger partial charge on any atom is 0.0466 e. The molecule has 0 saturated carbocycles. The second-order valence-electron chi connectivity index (χ2n) is 1.32. The van der Waals surface area contributed by atoms with Gasteiger partial charge in [-0.2, -0.15) is 0 Å². The van der Waals surface area contributed by atoms with Crippen molar-refractivity contribution in [3.05, 3.63) is 0 Å². The zero-order valence-electron chi connectivity index (χ0n) is 3.94. The SMILES string of the molecule is C1CCOC1.[Ba]. The molecule has 0 unspecified atom stereocenters. The van der Waals surface area contributed by atoms with Gasteiger partial charge in [0.2, 0.25) is 0 Å². The molecule has 6 heavy (non-hydrogen) atoms. The van der Waals surface area contributed by atoms with Gasteiger partial charge in [-0.25, -0.2) is 0 Å². The van der Waals surface area contributed by atoms with Gasteiger partial charge in [-0.3, -0.25) is 0 Å². The average molecular weight is 209 g/mol. The molecule has 2 radical (unpaired) electrons. The molecule has 1 fully saturated rings. The van der Waals surface area contributed by atoms with Crippen molar-refractivity contribution in [2.45, 2.75) is 12.8 Å². The van der Waals surface area contributed by atoms with E-state index in [-0.39, 0.29) is 48.9 Å². The van der Waals surface area contributed by atoms with Crippen LogP contribution in [0.25, 0.3) is 0 Å². The second kappa shape index (κ2) is 4.68. The van der Waals surface area contributed by atoms with Crippen LogP contribution >= 0.6 is 0 Å². The van der Waals surface area contributed by atoms with Gasteiger partial charge in [0, 0.05) is 62.1 Å². The van der Waals surface area contributed by atoms with Gasteiger partial charge >= 0.3 is 0 Å². The first-order chi connectivity index (χ1) is 2.50. The summed E-state index contributed by atoms with van der Waals surface area (Å²) in [5, 5.41) is 0. The molecule has 0 N–H and O–H groups in total. The fraction of sp³-hybridized carbons (Fsp3) is 1.00. The molecule has 1 nitrogen and oxygen atoms in total. The van der Waals surface area contributed by atoms with Crippen molar-refractivity contribution in [1.29, 1.82) is 0 Å². The molecule has 0 aliphatic carbocycles. The van der Waals surface area contributed by atoms with Crippen LogP contribution in [0, 0.1) is 0 Å². The van der Waals surface area contributed by atoms with Gasteiger partial charge in [0.1, 0.15) is 0 Å². The zero-order chi connectivity index (χ0) is 3.54. The van der Waals surface area contributed by atoms with Crippen LogP contribution in [0.2, 0.25) is 0 Å². The van der Waals surface area contributed by atoms with E-state index in [0.717, 1.165) is 13.2 Å². The molecule has 0 bridgehead atoms. The monoisotopic (exact) mass is 210 g/mol. The third kappa shape index (κ3) is 2.66. The average Bonchev–Trinajstić information content (AvgIpc) is 1.76. The van der Waals surface area contributed by atoms with Gasteiger partial charge in [-0.15, -0.1) is 0 Å². The van der Waals surface area contributed by atoms with E-state index < -0.39 is 0 Å². The molecule has 0 spiro atoms. The zero-order valence-corrected chi connectivity index (χ0v) is 8.38. The third-order valence-corrected chi connectivity index (χ3v) is 0.827. The molecule has 32 valence electrons. The van der Waals surface area contributed by atoms with E-state index in [1.807, 2.05) is 0 Å². The van der Waals surface area contributed by atoms with E-state index >= 15 is 0 Å². The van der Waals surface area contributed by atoms with Gasteiger partial charge < -0.3 is 4.74 Å². The normalized spacial score (nSPS) is 20.0. The summed E-state index contributed by atoms with van der Waals surface area (Å²) in [4.78, 5) is 0. The Bertz CT molecular complexity index is 19.1. The molecule has 1 aliphatic rings. The summed E-state index contributed by atoms with van der Waals surface area (Å²) < 4.78 is 4.94. The number of hydrogen-bond acceptors (Lipinski definition) is 1. The first-order valence-corrected chi connectivity index (χ1v) is 2.08. The largest absolute Gasteiger partial charge is 0.381 e. The van der Waals surface area contributed by atoms with Gasteiger partial charge in [-0.05, 0) is 12.8 Å². The van der Waals surface area contributed by atoms with Crippen molar-refractivity contribution in [3.8, 4) is 0 Å². The Kier molecular flexibility index (Phi) is 5.88. The smallest absolute Gasteiger partial charge is 0.0466 e. The van der Waals surface area contributed by atoms with Crippen molar-refractivity contribution in [1.82, 2.24) is 0 Å². The molecule has 1 heterocycles. The summed E-state index contributed by atoms with van der Waals surface area (Å²) in [7, 11) is 0. The summed E-state index contributed by atoms with van der Waals surface area (Å²) in [5.74, 6) is 0. The quantitative estimate of drug-likeness (QED) is 0.525. The standard InChI is InChI=1S/C4H8O.Ba/c1-2-4-5-3-1;/h1-4H2;. The van der Waals surface area contributed by atoms with Crippen LogP contribution in [0.4, 0.5) is 0 Å². The van der Waals surface area contributed by atoms with Crippen molar-refractivity contribution in [2.75, 3.05) is 13.2 Å². The van der Waals surface area contributed by atoms with Gasteiger partial charge in [0.05, 0.1) is 0 Å². The minimum Gasteiger partial charge on any atom is -0.381 e. The number of ether oxygens (including phenoxy) is 1. The maximum atomic E-state index is 4.94. The van der Waals surface area contributed by atoms with Crippen molar-refractivity contribution in [3.63, 3.8) is 0 Å². The van der Waals surface area contributed by atoms with E-state index in [0.29, 0.717) is 0 Å². The predicted octanol–water partition coefficient (Wildman–Crippen LogP) is 0.416. The van der Waals surface area contributed by atoms with Gasteiger partial charge in [-0.1, -0.05) is 0 Å². The van der Waals surface area contributed by atoms with Crippen LogP contribution in [0.5, 0.6) is 0 Å². The van der Waals surface area contributed by atoms with E-state index in [4.69, 9.17) is 4.74 Å². The van der Waals surface area contributed by atoms with Crippen LogP contribution in [0.1, 0.15) is 12.8 Å². The molecule has 1 saturated heterocycles. The minimum atomic E-state index is 0. The topological polar surface area (TPSA) is 9.23 Å². The molecule has 0 atom stereocenters. The van der Waals surface area contributed by atoms with Crippen molar-refractivity contribution < 1.29 is 4.74 Å². The predicted molar refractivity (Wildman–Crippen MR) is 25.8 cm³/mol. The Morgan fingerprint density at radius 2 is 1.50 bits per heavy atom. The summed E-state index contributed by atoms with van der Waals surface area (Å²) in [6.07, 6.45) is 2.56. The first-order valence-electron chi connectivity index (χ1n) is 2.08. The molecule has 1 aliphatic heterocycles. The van der Waals surface area contributed by atoms with Crippen LogP contribution in [-0.2, 0) is 4.74 Å². The molecule has 1 rings (SSSR count). The van der Waals surface area contributed by atoms with E-state index in [1.165, 1.54) is 12.8 Å². The van der Waals surface area contributed by atoms with Gasteiger partial charge in [0.15, 0.2) is 0 Å².